The average molecular weight is 166 g/mol. The van der Waals surface area contributed by atoms with Crippen LogP contribution in [0.2, 0.25) is 0 Å². The Kier molecular flexibility index (Phi) is 1.40. The Bertz CT molecular complexity index is 395. The lowest BCUT2D eigenvalue weighted by atomic mass is 10.0. The molecule has 1 N–H and O–H groups in total. The second kappa shape index (κ2) is 2.30. The molecule has 0 spiro atoms. The van der Waals surface area contributed by atoms with Crippen molar-refractivity contribution in [1.29, 1.82) is 0 Å². The molecule has 3 nitrogen and oxygen atoms in total. The first-order valence-electron chi connectivity index (χ1n) is 3.90. The lowest BCUT2D eigenvalue weighted by molar-refractivity contribution is 0.0555. The van der Waals surface area contributed by atoms with Gasteiger partial charge in [0.2, 0.25) is 5.58 Å². The predicted molar refractivity (Wildman–Crippen MR) is 44.2 cm³/mol. The maximum Gasteiger partial charge on any atom is 0.267 e. The molecule has 0 saturated carbocycles. The summed E-state index contributed by atoms with van der Waals surface area (Å²) in [5, 5.41) is 9.25. The molecule has 0 atom stereocenters. The summed E-state index contributed by atoms with van der Waals surface area (Å²) in [4.78, 5) is 0. The van der Waals surface area contributed by atoms with E-state index < -0.39 is 0 Å². The Balaban J connectivity index is 2.66. The van der Waals surface area contributed by atoms with Crippen LogP contribution in [0.1, 0.15) is 25.3 Å². The average Bonchev–Trinajstić information content (AvgIpc) is 1.92. The van der Waals surface area contributed by atoms with Crippen LogP contribution in [0.4, 0.5) is 0 Å². The van der Waals surface area contributed by atoms with E-state index in [-0.39, 0.29) is 5.75 Å². The number of hydrogen-bond donors (Lipinski definition) is 1. The van der Waals surface area contributed by atoms with Gasteiger partial charge < -0.3 is 5.11 Å². The zero-order valence-corrected chi connectivity index (χ0v) is 7.00. The Morgan fingerprint density at radius 1 is 1.17 bits per heavy atom. The van der Waals surface area contributed by atoms with Gasteiger partial charge in [0.25, 0.3) is 5.58 Å². The third kappa shape index (κ3) is 0.826. The number of aromatic hydroxyl groups is 1. The van der Waals surface area contributed by atoms with Crippen molar-refractivity contribution >= 4 is 11.2 Å². The lowest BCUT2D eigenvalue weighted by Gasteiger charge is -2.08. The number of benzene rings is 1. The fourth-order valence-corrected chi connectivity index (χ4v) is 1.24. The highest BCUT2D eigenvalue weighted by Gasteiger charge is 2.16. The number of phenols is 1. The normalized spacial score (nSPS) is 11.6. The van der Waals surface area contributed by atoms with Gasteiger partial charge in [-0.3, -0.25) is 9.15 Å². The molecule has 2 rings (SSSR count). The van der Waals surface area contributed by atoms with E-state index in [0.717, 1.165) is 5.56 Å². The van der Waals surface area contributed by atoms with Crippen LogP contribution in [0.5, 0.6) is 5.75 Å². The fourth-order valence-electron chi connectivity index (χ4n) is 1.24. The van der Waals surface area contributed by atoms with Crippen LogP contribution in [0.3, 0.4) is 0 Å². The lowest BCUT2D eigenvalue weighted by Crippen LogP contribution is -1.90. The van der Waals surface area contributed by atoms with Gasteiger partial charge in [-0.2, -0.15) is 0 Å². The zero-order valence-electron chi connectivity index (χ0n) is 7.00. The van der Waals surface area contributed by atoms with E-state index >= 15 is 0 Å². The molecule has 0 aliphatic heterocycles. The molecule has 0 radical (unpaired) electrons. The summed E-state index contributed by atoms with van der Waals surface area (Å²) >= 11 is 0. The monoisotopic (exact) mass is 166 g/mol. The van der Waals surface area contributed by atoms with Gasteiger partial charge in [0.1, 0.15) is 0 Å². The molecule has 2 aromatic rings. The first kappa shape index (κ1) is 7.28. The first-order chi connectivity index (χ1) is 5.70. The molecule has 0 amide bonds. The van der Waals surface area contributed by atoms with Crippen LogP contribution in [0, 0.1) is 0 Å². The predicted octanol–water partition coefficient (Wildman–Crippen LogP) is 2.85. The SMILES string of the molecule is CC(C)c1ccc(O)c2ooc12. The van der Waals surface area contributed by atoms with Crippen molar-refractivity contribution < 1.29 is 14.3 Å². The van der Waals surface area contributed by atoms with Crippen LogP contribution in [-0.2, 0) is 0 Å². The first-order valence-corrected chi connectivity index (χ1v) is 3.90. The van der Waals surface area contributed by atoms with Gasteiger partial charge in [-0.05, 0) is 12.0 Å². The van der Waals surface area contributed by atoms with Crippen molar-refractivity contribution in [2.24, 2.45) is 0 Å². The number of rotatable bonds is 1. The molecule has 0 aliphatic carbocycles. The standard InChI is InChI=1S/C9H10O3/c1-5(2)6-3-4-7(10)9-8(6)11-12-9/h3-5,10H,1-2H3. The minimum Gasteiger partial charge on any atom is -0.504 e. The van der Waals surface area contributed by atoms with Crippen LogP contribution in [0.15, 0.2) is 21.3 Å². The number of fused-ring (bicyclic) bond motifs is 1. The summed E-state index contributed by atoms with van der Waals surface area (Å²) in [5.74, 6) is 0.518. The van der Waals surface area contributed by atoms with Crippen molar-refractivity contribution in [1.82, 2.24) is 0 Å². The van der Waals surface area contributed by atoms with Crippen molar-refractivity contribution in [3.05, 3.63) is 17.7 Å². The quantitative estimate of drug-likeness (QED) is 0.662. The third-order valence-electron chi connectivity index (χ3n) is 1.95. The molecule has 1 aromatic heterocycles. The summed E-state index contributed by atoms with van der Waals surface area (Å²) in [7, 11) is 0. The topological polar surface area (TPSA) is 46.5 Å². The molecule has 12 heavy (non-hydrogen) atoms. The summed E-state index contributed by atoms with van der Waals surface area (Å²) in [6.45, 7) is 4.13. The molecule has 0 bridgehead atoms. The second-order valence-corrected chi connectivity index (χ2v) is 3.15. The largest absolute Gasteiger partial charge is 0.504 e. The van der Waals surface area contributed by atoms with Gasteiger partial charge in [-0.25, -0.2) is 0 Å². The van der Waals surface area contributed by atoms with Crippen molar-refractivity contribution in [3.8, 4) is 5.75 Å². The molecule has 3 heteroatoms. The summed E-state index contributed by atoms with van der Waals surface area (Å²) < 4.78 is 9.44. The third-order valence-corrected chi connectivity index (χ3v) is 1.95. The Hall–Kier alpha value is -1.38. The van der Waals surface area contributed by atoms with Crippen molar-refractivity contribution in [2.75, 3.05) is 0 Å². The Morgan fingerprint density at radius 2 is 1.83 bits per heavy atom. The molecule has 0 aliphatic rings. The highest BCUT2D eigenvalue weighted by molar-refractivity contribution is 5.81. The minimum atomic E-state index is 0.139. The molecule has 1 heterocycles. The maximum absolute atomic E-state index is 9.25. The maximum atomic E-state index is 9.25. The van der Waals surface area contributed by atoms with E-state index in [4.69, 9.17) is 4.58 Å². The number of hydrogen-bond acceptors (Lipinski definition) is 3. The molecule has 0 fully saturated rings. The van der Waals surface area contributed by atoms with Gasteiger partial charge in [0.15, 0.2) is 5.75 Å². The zero-order chi connectivity index (χ0) is 8.72. The van der Waals surface area contributed by atoms with E-state index in [9.17, 15) is 5.11 Å². The van der Waals surface area contributed by atoms with Crippen LogP contribution < -0.4 is 0 Å². The highest BCUT2D eigenvalue weighted by atomic mass is 17.0. The smallest absolute Gasteiger partial charge is 0.267 e. The minimum absolute atomic E-state index is 0.139. The number of phenolic OH excluding ortho intramolecular Hbond substituents is 1. The molecule has 64 valence electrons. The Morgan fingerprint density at radius 3 is 2.33 bits per heavy atom. The highest BCUT2D eigenvalue weighted by Crippen LogP contribution is 2.34. The van der Waals surface area contributed by atoms with Crippen LogP contribution in [-0.4, -0.2) is 5.11 Å². The van der Waals surface area contributed by atoms with Gasteiger partial charge >= 0.3 is 0 Å². The molecular weight excluding hydrogens is 156 g/mol. The van der Waals surface area contributed by atoms with Crippen molar-refractivity contribution in [3.63, 3.8) is 0 Å². The van der Waals surface area contributed by atoms with Gasteiger partial charge in [0, 0.05) is 5.56 Å². The van der Waals surface area contributed by atoms with Gasteiger partial charge in [-0.1, -0.05) is 19.9 Å². The molecule has 0 unspecified atom stereocenters. The molecular formula is C9H10O3. The van der Waals surface area contributed by atoms with Crippen LogP contribution in [0.25, 0.3) is 11.2 Å². The van der Waals surface area contributed by atoms with Crippen molar-refractivity contribution in [2.45, 2.75) is 19.8 Å². The second-order valence-electron chi connectivity index (χ2n) is 3.15. The van der Waals surface area contributed by atoms with E-state index in [1.165, 1.54) is 0 Å². The Labute approximate surface area is 69.5 Å². The van der Waals surface area contributed by atoms with E-state index in [0.29, 0.717) is 17.1 Å². The fraction of sp³-hybridized carbons (Fsp3) is 0.333. The van der Waals surface area contributed by atoms with Gasteiger partial charge in [0.05, 0.1) is 0 Å². The summed E-state index contributed by atoms with van der Waals surface area (Å²) in [5.41, 5.74) is 2.19. The molecule has 1 aromatic carbocycles. The van der Waals surface area contributed by atoms with E-state index in [1.807, 2.05) is 6.07 Å². The van der Waals surface area contributed by atoms with Crippen LogP contribution >= 0.6 is 0 Å². The summed E-state index contributed by atoms with van der Waals surface area (Å²) in [6.07, 6.45) is 0. The summed E-state index contributed by atoms with van der Waals surface area (Å²) in [6, 6.07) is 3.47. The molecule has 0 saturated heterocycles. The van der Waals surface area contributed by atoms with E-state index in [2.05, 4.69) is 18.4 Å². The van der Waals surface area contributed by atoms with Gasteiger partial charge in [-0.15, -0.1) is 0 Å². The van der Waals surface area contributed by atoms with E-state index in [1.54, 1.807) is 6.07 Å².